The number of hydrogen-bond acceptors (Lipinski definition) is 9. The largest absolute Gasteiger partial charge is 0.458 e. The Morgan fingerprint density at radius 3 is 2.19 bits per heavy atom. The smallest absolute Gasteiger partial charge is 0.385 e. The Labute approximate surface area is 113 Å². The quantitative estimate of drug-likeness (QED) is 0.180. The maximum atomic E-state index is 10.6. The molecule has 0 spiro atoms. The minimum absolute atomic E-state index is 0.0833. The van der Waals surface area contributed by atoms with Crippen molar-refractivity contribution in [1.82, 2.24) is 30.4 Å². The monoisotopic (exact) mass is 300 g/mol. The van der Waals surface area contributed by atoms with Gasteiger partial charge in [0.1, 0.15) is 5.95 Å². The van der Waals surface area contributed by atoms with Gasteiger partial charge >= 0.3 is 17.5 Å². The highest BCUT2D eigenvalue weighted by Gasteiger charge is 2.35. The van der Waals surface area contributed by atoms with Crippen molar-refractivity contribution in [2.45, 2.75) is 0 Å². The van der Waals surface area contributed by atoms with Crippen molar-refractivity contribution in [2.24, 2.45) is 11.5 Å². The summed E-state index contributed by atoms with van der Waals surface area (Å²) in [4.78, 5) is 19.1. The van der Waals surface area contributed by atoms with Crippen molar-refractivity contribution in [3.63, 3.8) is 0 Å². The molecular formula is C5H8N12O4. The molecule has 21 heavy (non-hydrogen) atoms. The number of nitrogen functional groups attached to an aromatic ring is 1. The van der Waals surface area contributed by atoms with Crippen molar-refractivity contribution in [1.29, 1.82) is 0 Å². The van der Waals surface area contributed by atoms with Gasteiger partial charge in [-0.05, 0) is 4.92 Å². The molecule has 16 heteroatoms. The fourth-order valence-electron chi connectivity index (χ4n) is 1.09. The van der Waals surface area contributed by atoms with Gasteiger partial charge in [0.15, 0.2) is 5.82 Å². The third kappa shape index (κ3) is 3.33. The molecule has 8 N–H and O–H groups in total. The van der Waals surface area contributed by atoms with Crippen molar-refractivity contribution < 1.29 is 15.3 Å². The lowest BCUT2D eigenvalue weighted by Crippen LogP contribution is -2.51. The van der Waals surface area contributed by atoms with Crippen LogP contribution >= 0.6 is 0 Å². The second-order valence-corrected chi connectivity index (χ2v) is 3.16. The van der Waals surface area contributed by atoms with Gasteiger partial charge in [0.05, 0.1) is 4.92 Å². The lowest BCUT2D eigenvalue weighted by molar-refractivity contribution is -0.424. The highest BCUT2D eigenvalue weighted by molar-refractivity contribution is 5.68. The predicted molar refractivity (Wildman–Crippen MR) is 63.3 cm³/mol. The highest BCUT2D eigenvalue weighted by Crippen LogP contribution is 2.32. The third-order valence-electron chi connectivity index (χ3n) is 1.73. The molecule has 0 aliphatic carbocycles. The Balaban J connectivity index is 0.000000491. The van der Waals surface area contributed by atoms with Gasteiger partial charge in [-0.15, -0.1) is 5.21 Å². The van der Waals surface area contributed by atoms with Crippen LogP contribution in [-0.4, -0.2) is 41.1 Å². The molecular weight excluding hydrogens is 292 g/mol. The van der Waals surface area contributed by atoms with Crippen LogP contribution in [0.1, 0.15) is 0 Å². The maximum absolute atomic E-state index is 10.6. The second kappa shape index (κ2) is 5.86. The maximum Gasteiger partial charge on any atom is 0.458 e. The van der Waals surface area contributed by atoms with Gasteiger partial charge < -0.3 is 15.8 Å². The molecule has 0 unspecified atom stereocenters. The van der Waals surface area contributed by atoms with Crippen LogP contribution in [0.2, 0.25) is 0 Å². The molecule has 2 rings (SSSR count). The molecule has 0 saturated carbocycles. The van der Waals surface area contributed by atoms with Crippen LogP contribution in [0.15, 0.2) is 0 Å². The van der Waals surface area contributed by atoms with Crippen LogP contribution in [0.4, 0.5) is 17.3 Å². The van der Waals surface area contributed by atoms with Crippen LogP contribution < -0.4 is 27.7 Å². The molecule has 16 nitrogen and oxygen atoms in total. The Morgan fingerprint density at radius 2 is 1.86 bits per heavy atom. The normalized spacial score (nSPS) is 9.52. The van der Waals surface area contributed by atoms with Crippen molar-refractivity contribution >= 4 is 23.3 Å². The van der Waals surface area contributed by atoms with Crippen molar-refractivity contribution in [3.8, 4) is 5.95 Å². The number of tetrazole rings is 1. The minimum Gasteiger partial charge on any atom is -0.385 e. The molecule has 0 aliphatic heterocycles. The summed E-state index contributed by atoms with van der Waals surface area (Å²) in [6.07, 6.45) is 0. The summed E-state index contributed by atoms with van der Waals surface area (Å²) in [5.74, 6) is -1.95. The summed E-state index contributed by atoms with van der Waals surface area (Å²) in [6, 6.07) is 0. The molecule has 0 bridgehead atoms. The summed E-state index contributed by atoms with van der Waals surface area (Å²) < 4.78 is 0.621. The Kier molecular flexibility index (Phi) is 4.24. The molecule has 0 aliphatic rings. The van der Waals surface area contributed by atoms with Gasteiger partial charge in [-0.3, -0.25) is 32.1 Å². The molecule has 2 aromatic heterocycles. The fourth-order valence-corrected chi connectivity index (χ4v) is 1.09. The summed E-state index contributed by atoms with van der Waals surface area (Å²) in [5, 5.41) is 41.9. The van der Waals surface area contributed by atoms with E-state index in [0.717, 1.165) is 0 Å². The molecule has 0 aromatic carbocycles. The number of anilines is 1. The van der Waals surface area contributed by atoms with Gasteiger partial charge in [-0.25, -0.2) is 5.10 Å². The first-order chi connectivity index (χ1) is 9.75. The van der Waals surface area contributed by atoms with Crippen molar-refractivity contribution in [3.05, 3.63) is 20.2 Å². The summed E-state index contributed by atoms with van der Waals surface area (Å²) in [5.41, 5.74) is 13.6. The third-order valence-corrected chi connectivity index (χ3v) is 1.73. The lowest BCUT2D eigenvalue weighted by Gasteiger charge is -1.96. The van der Waals surface area contributed by atoms with Crippen molar-refractivity contribution in [2.75, 3.05) is 5.73 Å². The molecule has 0 radical (unpaired) electrons. The highest BCUT2D eigenvalue weighted by atomic mass is 16.6. The topological polar surface area (TPSA) is 261 Å². The zero-order chi connectivity index (χ0) is 16.2. The first kappa shape index (κ1) is 15.2. The average Bonchev–Trinajstić information content (AvgIpc) is 2.94. The van der Waals surface area contributed by atoms with E-state index in [4.69, 9.17) is 5.73 Å². The number of hydrogen-bond donors (Lipinski definition) is 4. The Bertz CT molecular complexity index is 668. The summed E-state index contributed by atoms with van der Waals surface area (Å²) >= 11 is 0. The molecule has 0 fully saturated rings. The zero-order valence-electron chi connectivity index (χ0n) is 10.0. The minimum atomic E-state index is -1.03. The van der Waals surface area contributed by atoms with E-state index >= 15 is 0 Å². The molecule has 112 valence electrons. The second-order valence-electron chi connectivity index (χ2n) is 3.16. The van der Waals surface area contributed by atoms with Gasteiger partial charge in [0, 0.05) is 5.10 Å². The van der Waals surface area contributed by atoms with Gasteiger partial charge in [0.25, 0.3) is 0 Å². The van der Waals surface area contributed by atoms with E-state index in [9.17, 15) is 20.2 Å². The van der Waals surface area contributed by atoms with Gasteiger partial charge in [-0.1, -0.05) is 0 Å². The van der Waals surface area contributed by atoms with Crippen LogP contribution in [0.3, 0.4) is 0 Å². The Morgan fingerprint density at radius 1 is 1.29 bits per heavy atom. The summed E-state index contributed by atoms with van der Waals surface area (Å²) in [6.45, 7) is 0. The van der Waals surface area contributed by atoms with Gasteiger partial charge in [-0.2, -0.15) is 9.90 Å². The number of aromatic nitrogens is 6. The van der Waals surface area contributed by atoms with E-state index in [2.05, 4.69) is 42.6 Å². The fraction of sp³-hybridized carbons (Fsp3) is 0. The number of nitro groups is 2. The van der Waals surface area contributed by atoms with E-state index < -0.39 is 27.2 Å². The van der Waals surface area contributed by atoms with E-state index in [-0.39, 0.29) is 11.9 Å². The average molecular weight is 300 g/mol. The number of nitrogens with zero attached hydrogens (tertiary/aromatic N) is 8. The molecule has 0 amide bonds. The van der Waals surface area contributed by atoms with Gasteiger partial charge in [0.2, 0.25) is 0 Å². The molecule has 2 aromatic rings. The standard InChI is InChI=1S/C4H2N9O4.CH5N3/c5-2-1(12(14)15)3(13(16)17)8-11(2)4-6-9-10-7-4;2-1(3)4/h5H2;(H5,2,3,4)/q-1;/p+1. The molecule has 0 saturated heterocycles. The molecule has 0 atom stereocenters. The SMILES string of the molecule is NC(N)=[NH2+].Nc1c([N+](=O)[O-])c([N+](=O)[O-])nn1-c1nnn[n-]1. The van der Waals surface area contributed by atoms with Crippen LogP contribution in [0.25, 0.3) is 5.95 Å². The zero-order valence-corrected chi connectivity index (χ0v) is 10.0. The van der Waals surface area contributed by atoms with Crippen LogP contribution in [0.5, 0.6) is 0 Å². The number of nitrogens with two attached hydrogens (primary N) is 4. The first-order valence-electron chi connectivity index (χ1n) is 4.75. The van der Waals surface area contributed by atoms with Crippen LogP contribution in [0, 0.1) is 20.2 Å². The van der Waals surface area contributed by atoms with E-state index in [1.807, 2.05) is 0 Å². The van der Waals surface area contributed by atoms with E-state index in [0.29, 0.717) is 4.68 Å². The van der Waals surface area contributed by atoms with Crippen LogP contribution in [-0.2, 0) is 0 Å². The first-order valence-corrected chi connectivity index (χ1v) is 4.75. The van der Waals surface area contributed by atoms with E-state index in [1.54, 1.807) is 0 Å². The Hall–Kier alpha value is -3.85. The number of guanidine groups is 1. The van der Waals surface area contributed by atoms with E-state index in [1.165, 1.54) is 0 Å². The molecule has 2 heterocycles. The summed E-state index contributed by atoms with van der Waals surface area (Å²) in [7, 11) is 0. The lowest BCUT2D eigenvalue weighted by atomic mass is 10.5. The number of rotatable bonds is 3. The predicted octanol–water partition coefficient (Wildman–Crippen LogP) is -4.57.